The van der Waals surface area contributed by atoms with Crippen molar-refractivity contribution in [1.82, 2.24) is 10.3 Å². The van der Waals surface area contributed by atoms with Crippen LogP contribution in [0.3, 0.4) is 0 Å². The molecule has 0 bridgehead atoms. The molecular weight excluding hydrogens is 380 g/mol. The molecule has 0 saturated carbocycles. The molecule has 1 aromatic heterocycles. The van der Waals surface area contributed by atoms with Gasteiger partial charge in [0.15, 0.2) is 0 Å². The third-order valence-corrected chi connectivity index (χ3v) is 5.16. The van der Waals surface area contributed by atoms with E-state index in [1.54, 1.807) is 24.5 Å². The van der Waals surface area contributed by atoms with Gasteiger partial charge in [0.1, 0.15) is 0 Å². The Labute approximate surface area is 174 Å². The van der Waals surface area contributed by atoms with E-state index in [9.17, 15) is 14.7 Å². The van der Waals surface area contributed by atoms with Gasteiger partial charge in [0.05, 0.1) is 11.7 Å². The number of carbonyl (C=O) groups is 2. The Balaban J connectivity index is 1.42. The van der Waals surface area contributed by atoms with E-state index in [4.69, 9.17) is 0 Å². The maximum atomic E-state index is 12.2. The van der Waals surface area contributed by atoms with Gasteiger partial charge in [-0.05, 0) is 59.9 Å². The molecular formula is C23H22N4O3. The van der Waals surface area contributed by atoms with E-state index < -0.39 is 6.09 Å². The fraction of sp³-hybridized carbons (Fsp3) is 0.174. The summed E-state index contributed by atoms with van der Waals surface area (Å²) in [5, 5.41) is 15.4. The summed E-state index contributed by atoms with van der Waals surface area (Å²) in [7, 11) is 0. The smallest absolute Gasteiger partial charge is 0.412 e. The molecule has 0 radical (unpaired) electrons. The highest BCUT2D eigenvalue weighted by atomic mass is 16.4. The molecule has 1 atom stereocenters. The van der Waals surface area contributed by atoms with E-state index in [2.05, 4.69) is 15.6 Å². The number of carbonyl (C=O) groups excluding carboxylic acids is 1. The molecule has 30 heavy (non-hydrogen) atoms. The number of fused-ring (bicyclic) bond motifs is 1. The lowest BCUT2D eigenvalue weighted by molar-refractivity contribution is 0.200. The summed E-state index contributed by atoms with van der Waals surface area (Å²) < 4.78 is 0. The summed E-state index contributed by atoms with van der Waals surface area (Å²) in [5.74, 6) is 0. The molecule has 2 heterocycles. The van der Waals surface area contributed by atoms with E-state index in [0.717, 1.165) is 16.7 Å². The van der Waals surface area contributed by atoms with Crippen LogP contribution >= 0.6 is 0 Å². The summed E-state index contributed by atoms with van der Waals surface area (Å²) in [4.78, 5) is 29.5. The average Bonchev–Trinajstić information content (AvgIpc) is 3.14. The van der Waals surface area contributed by atoms with Gasteiger partial charge in [-0.25, -0.2) is 9.59 Å². The molecule has 4 rings (SSSR count). The number of pyridine rings is 1. The van der Waals surface area contributed by atoms with Crippen LogP contribution in [0.2, 0.25) is 0 Å². The molecule has 3 aromatic rings. The minimum absolute atomic E-state index is 0.275. The van der Waals surface area contributed by atoms with Gasteiger partial charge < -0.3 is 15.7 Å². The molecule has 3 N–H and O–H groups in total. The first kappa shape index (κ1) is 19.4. The number of carboxylic acid groups (broad SMARTS) is 1. The average molecular weight is 402 g/mol. The number of hydrogen-bond donors (Lipinski definition) is 3. The second-order valence-corrected chi connectivity index (χ2v) is 7.11. The molecule has 0 spiro atoms. The predicted octanol–water partition coefficient (Wildman–Crippen LogP) is 4.23. The zero-order valence-electron chi connectivity index (χ0n) is 16.3. The van der Waals surface area contributed by atoms with Gasteiger partial charge >= 0.3 is 12.1 Å². The Hall–Kier alpha value is -3.87. The zero-order chi connectivity index (χ0) is 20.9. The summed E-state index contributed by atoms with van der Waals surface area (Å²) in [6, 6.07) is 18.2. The molecule has 0 saturated heterocycles. The van der Waals surface area contributed by atoms with Crippen molar-refractivity contribution in [2.24, 2.45) is 0 Å². The number of amides is 3. The molecule has 152 valence electrons. The third-order valence-electron chi connectivity index (χ3n) is 5.16. The summed E-state index contributed by atoms with van der Waals surface area (Å²) >= 11 is 0. The maximum absolute atomic E-state index is 12.2. The van der Waals surface area contributed by atoms with E-state index in [0.29, 0.717) is 30.8 Å². The minimum Gasteiger partial charge on any atom is -0.465 e. The number of aromatic nitrogens is 1. The normalized spacial score (nSPS) is 14.8. The maximum Gasteiger partial charge on any atom is 0.412 e. The fourth-order valence-corrected chi connectivity index (χ4v) is 3.75. The molecule has 7 nitrogen and oxygen atoms in total. The van der Waals surface area contributed by atoms with Gasteiger partial charge in [0.25, 0.3) is 0 Å². The summed E-state index contributed by atoms with van der Waals surface area (Å²) in [6.07, 6.45) is 3.74. The molecule has 1 aliphatic heterocycles. The van der Waals surface area contributed by atoms with E-state index >= 15 is 0 Å². The SMILES string of the molecule is O=C(NCCc1ccncc1)Nc1ccc2c(c1)CC(c1ccccc1)N2C(=O)O. The van der Waals surface area contributed by atoms with Crippen LogP contribution in [0, 0.1) is 0 Å². The van der Waals surface area contributed by atoms with Crippen LogP contribution in [0.1, 0.15) is 22.7 Å². The molecule has 3 amide bonds. The van der Waals surface area contributed by atoms with Crippen molar-refractivity contribution >= 4 is 23.5 Å². The summed E-state index contributed by atoms with van der Waals surface area (Å²) in [5.41, 5.74) is 4.22. The van der Waals surface area contributed by atoms with Crippen molar-refractivity contribution in [2.75, 3.05) is 16.8 Å². The molecule has 2 aromatic carbocycles. The number of benzene rings is 2. The topological polar surface area (TPSA) is 94.6 Å². The van der Waals surface area contributed by atoms with E-state index in [1.165, 1.54) is 4.90 Å². The second-order valence-electron chi connectivity index (χ2n) is 7.11. The predicted molar refractivity (Wildman–Crippen MR) is 115 cm³/mol. The monoisotopic (exact) mass is 402 g/mol. The fourth-order valence-electron chi connectivity index (χ4n) is 3.75. The number of nitrogens with one attached hydrogen (secondary N) is 2. The first-order valence-electron chi connectivity index (χ1n) is 9.75. The van der Waals surface area contributed by atoms with Crippen LogP contribution in [-0.4, -0.2) is 28.8 Å². The van der Waals surface area contributed by atoms with Crippen molar-refractivity contribution in [3.8, 4) is 0 Å². The molecule has 1 unspecified atom stereocenters. The summed E-state index contributed by atoms with van der Waals surface area (Å²) in [6.45, 7) is 0.504. The van der Waals surface area contributed by atoms with E-state index in [-0.39, 0.29) is 12.1 Å². The first-order chi connectivity index (χ1) is 14.6. The Morgan fingerprint density at radius 1 is 1.07 bits per heavy atom. The van der Waals surface area contributed by atoms with Gasteiger partial charge in [-0.3, -0.25) is 9.88 Å². The van der Waals surface area contributed by atoms with E-state index in [1.807, 2.05) is 48.5 Å². The number of hydrogen-bond acceptors (Lipinski definition) is 3. The van der Waals surface area contributed by atoms with Crippen LogP contribution in [0.15, 0.2) is 73.1 Å². The largest absolute Gasteiger partial charge is 0.465 e. The highest BCUT2D eigenvalue weighted by Gasteiger charge is 2.34. The van der Waals surface area contributed by atoms with Crippen LogP contribution in [-0.2, 0) is 12.8 Å². The number of anilines is 2. The number of urea groups is 1. The highest BCUT2D eigenvalue weighted by Crippen LogP contribution is 2.41. The van der Waals surface area contributed by atoms with Crippen molar-refractivity contribution in [1.29, 1.82) is 0 Å². The molecule has 0 aliphatic carbocycles. The lowest BCUT2D eigenvalue weighted by Crippen LogP contribution is -2.30. The Bertz CT molecular complexity index is 1040. The first-order valence-corrected chi connectivity index (χ1v) is 9.75. The lowest BCUT2D eigenvalue weighted by Gasteiger charge is -2.22. The van der Waals surface area contributed by atoms with Gasteiger partial charge in [0, 0.05) is 24.6 Å². The lowest BCUT2D eigenvalue weighted by atomic mass is 10.0. The van der Waals surface area contributed by atoms with Crippen LogP contribution in [0.4, 0.5) is 21.0 Å². The quantitative estimate of drug-likeness (QED) is 0.595. The van der Waals surface area contributed by atoms with Gasteiger partial charge in [-0.1, -0.05) is 30.3 Å². The Morgan fingerprint density at radius 3 is 2.57 bits per heavy atom. The van der Waals surface area contributed by atoms with Crippen LogP contribution < -0.4 is 15.5 Å². The van der Waals surface area contributed by atoms with Gasteiger partial charge in [-0.2, -0.15) is 0 Å². The standard InChI is InChI=1S/C23H22N4O3/c28-22(25-13-10-16-8-11-24-12-9-16)26-19-6-7-20-18(14-19)15-21(27(20)23(29)30)17-4-2-1-3-5-17/h1-9,11-12,14,21H,10,13,15H2,(H,29,30)(H2,25,26,28). The zero-order valence-corrected chi connectivity index (χ0v) is 16.3. The van der Waals surface area contributed by atoms with Gasteiger partial charge in [-0.15, -0.1) is 0 Å². The number of rotatable bonds is 5. The van der Waals surface area contributed by atoms with Crippen molar-refractivity contribution in [2.45, 2.75) is 18.9 Å². The van der Waals surface area contributed by atoms with Crippen LogP contribution in [0.25, 0.3) is 0 Å². The molecule has 7 heteroatoms. The third kappa shape index (κ3) is 4.25. The Morgan fingerprint density at radius 2 is 1.83 bits per heavy atom. The molecule has 0 fully saturated rings. The molecule has 1 aliphatic rings. The Kier molecular flexibility index (Phi) is 5.61. The van der Waals surface area contributed by atoms with Crippen LogP contribution in [0.5, 0.6) is 0 Å². The van der Waals surface area contributed by atoms with Crippen molar-refractivity contribution < 1.29 is 14.7 Å². The van der Waals surface area contributed by atoms with Crippen molar-refractivity contribution in [3.05, 3.63) is 89.7 Å². The number of nitrogens with zero attached hydrogens (tertiary/aromatic N) is 2. The highest BCUT2D eigenvalue weighted by molar-refractivity contribution is 5.93. The minimum atomic E-state index is -0.989. The van der Waals surface area contributed by atoms with Gasteiger partial charge in [0.2, 0.25) is 0 Å². The second kappa shape index (κ2) is 8.65. The van der Waals surface area contributed by atoms with Crippen molar-refractivity contribution in [3.63, 3.8) is 0 Å².